The molecule has 4 rings (SSSR count). The van der Waals surface area contributed by atoms with Crippen molar-refractivity contribution in [3.05, 3.63) is 52.6 Å². The van der Waals surface area contributed by atoms with E-state index in [1.165, 1.54) is 10.9 Å². The number of rotatable bonds is 6. The number of benzene rings is 1. The normalized spacial score (nSPS) is 15.2. The number of fused-ring (bicyclic) bond motifs is 1. The van der Waals surface area contributed by atoms with E-state index in [0.29, 0.717) is 6.54 Å². The van der Waals surface area contributed by atoms with Crippen LogP contribution in [-0.4, -0.2) is 58.1 Å². The van der Waals surface area contributed by atoms with Crippen molar-refractivity contribution in [3.63, 3.8) is 0 Å². The first kappa shape index (κ1) is 19.0. The van der Waals surface area contributed by atoms with Crippen molar-refractivity contribution in [1.29, 1.82) is 0 Å². The minimum atomic E-state index is 0.0570. The molecule has 3 heterocycles. The van der Waals surface area contributed by atoms with Gasteiger partial charge in [-0.05, 0) is 30.9 Å². The lowest BCUT2D eigenvalue weighted by atomic mass is 10.2. The quantitative estimate of drug-likeness (QED) is 0.649. The molecule has 1 aliphatic rings. The maximum Gasteiger partial charge on any atom is 0.317 e. The first-order valence-corrected chi connectivity index (χ1v) is 10.8. The molecule has 0 saturated carbocycles. The van der Waals surface area contributed by atoms with Crippen LogP contribution in [0, 0.1) is 6.92 Å². The van der Waals surface area contributed by atoms with Crippen LogP contribution in [0.25, 0.3) is 10.9 Å². The Morgan fingerprint density at radius 3 is 2.79 bits per heavy atom. The Morgan fingerprint density at radius 1 is 1.18 bits per heavy atom. The first-order chi connectivity index (χ1) is 13.7. The van der Waals surface area contributed by atoms with E-state index in [-0.39, 0.29) is 6.03 Å². The van der Waals surface area contributed by atoms with Gasteiger partial charge >= 0.3 is 6.03 Å². The molecule has 0 spiro atoms. The van der Waals surface area contributed by atoms with E-state index in [2.05, 4.69) is 61.7 Å². The largest absolute Gasteiger partial charge is 0.347 e. The molecule has 7 heteroatoms. The van der Waals surface area contributed by atoms with Gasteiger partial charge in [-0.3, -0.25) is 4.90 Å². The number of aryl methyl sites for hydroxylation is 2. The maximum atomic E-state index is 12.4. The summed E-state index contributed by atoms with van der Waals surface area (Å²) < 4.78 is 2.25. The predicted octanol–water partition coefficient (Wildman–Crippen LogP) is 3.32. The number of carbonyl (C=O) groups is 1. The Balaban J connectivity index is 1.17. The van der Waals surface area contributed by atoms with Crippen LogP contribution in [0.5, 0.6) is 0 Å². The lowest BCUT2D eigenvalue weighted by Gasteiger charge is -2.34. The van der Waals surface area contributed by atoms with Gasteiger partial charge in [-0.25, -0.2) is 9.78 Å². The van der Waals surface area contributed by atoms with Crippen LogP contribution in [0.15, 0.2) is 41.9 Å². The van der Waals surface area contributed by atoms with Gasteiger partial charge in [-0.1, -0.05) is 18.2 Å². The molecule has 1 aliphatic heterocycles. The molecule has 0 unspecified atom stereocenters. The SMILES string of the molecule is Cc1nc(CN2CCN(C(=O)NCCCn3ccc4ccccc43)CC2)cs1. The molecule has 1 N–H and O–H groups in total. The fourth-order valence-electron chi connectivity index (χ4n) is 3.71. The summed E-state index contributed by atoms with van der Waals surface area (Å²) in [4.78, 5) is 21.2. The van der Waals surface area contributed by atoms with E-state index in [0.717, 1.165) is 56.4 Å². The van der Waals surface area contributed by atoms with Gasteiger partial charge < -0.3 is 14.8 Å². The highest BCUT2D eigenvalue weighted by Crippen LogP contribution is 2.15. The van der Waals surface area contributed by atoms with Crippen LogP contribution in [-0.2, 0) is 13.1 Å². The zero-order valence-electron chi connectivity index (χ0n) is 16.3. The number of nitrogens with zero attached hydrogens (tertiary/aromatic N) is 4. The molecule has 1 saturated heterocycles. The second-order valence-electron chi connectivity index (χ2n) is 7.27. The number of carbonyl (C=O) groups excluding carboxylic acids is 1. The van der Waals surface area contributed by atoms with Crippen LogP contribution in [0.4, 0.5) is 4.79 Å². The highest BCUT2D eigenvalue weighted by Gasteiger charge is 2.21. The summed E-state index contributed by atoms with van der Waals surface area (Å²) in [5, 5.41) is 7.58. The lowest BCUT2D eigenvalue weighted by molar-refractivity contribution is 0.134. The number of urea groups is 1. The summed E-state index contributed by atoms with van der Waals surface area (Å²) >= 11 is 1.69. The molecule has 2 aromatic heterocycles. The summed E-state index contributed by atoms with van der Waals surface area (Å²) in [5.41, 5.74) is 2.39. The van der Waals surface area contributed by atoms with Crippen molar-refractivity contribution in [3.8, 4) is 0 Å². The monoisotopic (exact) mass is 397 g/mol. The van der Waals surface area contributed by atoms with Crippen molar-refractivity contribution >= 4 is 28.3 Å². The van der Waals surface area contributed by atoms with Crippen LogP contribution in [0.1, 0.15) is 17.1 Å². The Morgan fingerprint density at radius 2 is 2.00 bits per heavy atom. The number of hydrogen-bond acceptors (Lipinski definition) is 4. The van der Waals surface area contributed by atoms with E-state index < -0.39 is 0 Å². The van der Waals surface area contributed by atoms with Gasteiger partial charge in [0.1, 0.15) is 0 Å². The summed E-state index contributed by atoms with van der Waals surface area (Å²) in [6.07, 6.45) is 3.04. The van der Waals surface area contributed by atoms with E-state index in [4.69, 9.17) is 0 Å². The number of nitrogens with one attached hydrogen (secondary N) is 1. The van der Waals surface area contributed by atoms with Gasteiger partial charge in [-0.2, -0.15) is 0 Å². The number of hydrogen-bond donors (Lipinski definition) is 1. The summed E-state index contributed by atoms with van der Waals surface area (Å²) in [6.45, 7) is 7.88. The minimum Gasteiger partial charge on any atom is -0.347 e. The first-order valence-electron chi connectivity index (χ1n) is 9.89. The van der Waals surface area contributed by atoms with Gasteiger partial charge in [-0.15, -0.1) is 11.3 Å². The molecule has 2 amide bonds. The van der Waals surface area contributed by atoms with Crippen molar-refractivity contribution in [2.45, 2.75) is 26.4 Å². The highest BCUT2D eigenvalue weighted by atomic mass is 32.1. The number of piperazine rings is 1. The second-order valence-corrected chi connectivity index (χ2v) is 8.34. The van der Waals surface area contributed by atoms with Crippen LogP contribution < -0.4 is 5.32 Å². The van der Waals surface area contributed by atoms with Crippen LogP contribution in [0.2, 0.25) is 0 Å². The van der Waals surface area contributed by atoms with Gasteiger partial charge in [0.15, 0.2) is 0 Å². The number of amides is 2. The molecule has 148 valence electrons. The third-order valence-electron chi connectivity index (χ3n) is 5.24. The van der Waals surface area contributed by atoms with Crippen LogP contribution >= 0.6 is 11.3 Å². The highest BCUT2D eigenvalue weighted by molar-refractivity contribution is 7.09. The fourth-order valence-corrected chi connectivity index (χ4v) is 4.31. The van der Waals surface area contributed by atoms with E-state index >= 15 is 0 Å². The molecule has 6 nitrogen and oxygen atoms in total. The van der Waals surface area contributed by atoms with Crippen LogP contribution in [0.3, 0.4) is 0 Å². The van der Waals surface area contributed by atoms with E-state index in [1.54, 1.807) is 11.3 Å². The molecule has 3 aromatic rings. The Bertz CT molecular complexity index is 926. The standard InChI is InChI=1S/C21H27N5OS/c1-17-23-19(16-28-17)15-24-11-13-26(14-12-24)21(27)22-8-4-9-25-10-7-18-5-2-3-6-20(18)25/h2-3,5-7,10,16H,4,8-9,11-15H2,1H3,(H,22,27). The summed E-state index contributed by atoms with van der Waals surface area (Å²) in [7, 11) is 0. The smallest absolute Gasteiger partial charge is 0.317 e. The van der Waals surface area contributed by atoms with Gasteiger partial charge in [0.25, 0.3) is 0 Å². The van der Waals surface area contributed by atoms with Gasteiger partial charge in [0.05, 0.1) is 10.7 Å². The summed E-state index contributed by atoms with van der Waals surface area (Å²) in [5.74, 6) is 0. The topological polar surface area (TPSA) is 53.4 Å². The average molecular weight is 398 g/mol. The molecule has 28 heavy (non-hydrogen) atoms. The lowest BCUT2D eigenvalue weighted by Crippen LogP contribution is -2.51. The van der Waals surface area contributed by atoms with Crippen molar-refractivity contribution in [2.24, 2.45) is 0 Å². The molecule has 0 atom stereocenters. The third kappa shape index (κ3) is 4.54. The number of para-hydroxylation sites is 1. The van der Waals surface area contributed by atoms with Crippen molar-refractivity contribution < 1.29 is 4.79 Å². The number of aromatic nitrogens is 2. The zero-order chi connectivity index (χ0) is 19.3. The Labute approximate surface area is 169 Å². The third-order valence-corrected chi connectivity index (χ3v) is 6.07. The Kier molecular flexibility index (Phi) is 5.92. The molecule has 0 aliphatic carbocycles. The van der Waals surface area contributed by atoms with E-state index in [1.807, 2.05) is 11.8 Å². The van der Waals surface area contributed by atoms with Crippen molar-refractivity contribution in [1.82, 2.24) is 24.7 Å². The van der Waals surface area contributed by atoms with Crippen molar-refractivity contribution in [2.75, 3.05) is 32.7 Å². The molecule has 0 bridgehead atoms. The predicted molar refractivity (Wildman–Crippen MR) is 114 cm³/mol. The fraction of sp³-hybridized carbons (Fsp3) is 0.429. The zero-order valence-corrected chi connectivity index (χ0v) is 17.1. The Hall–Kier alpha value is -2.38. The second kappa shape index (κ2) is 8.75. The molecular weight excluding hydrogens is 370 g/mol. The minimum absolute atomic E-state index is 0.0570. The maximum absolute atomic E-state index is 12.4. The summed E-state index contributed by atoms with van der Waals surface area (Å²) in [6, 6.07) is 10.6. The van der Waals surface area contributed by atoms with E-state index in [9.17, 15) is 4.79 Å². The molecular formula is C21H27N5OS. The van der Waals surface area contributed by atoms with Gasteiger partial charge in [0.2, 0.25) is 0 Å². The average Bonchev–Trinajstić information content (AvgIpc) is 3.31. The molecule has 1 aromatic carbocycles. The number of thiazole rings is 1. The molecule has 0 radical (unpaired) electrons. The molecule has 1 fully saturated rings. The van der Waals surface area contributed by atoms with Gasteiger partial charge in [0, 0.05) is 62.9 Å².